The fraction of sp³-hybridized carbons (Fsp3) is 0.500. The molecule has 0 saturated carbocycles. The van der Waals surface area contributed by atoms with E-state index >= 15 is 0 Å². The lowest BCUT2D eigenvalue weighted by atomic mass is 9.98. The Morgan fingerprint density at radius 1 is 1.03 bits per heavy atom. The lowest BCUT2D eigenvalue weighted by Crippen LogP contribution is -2.53. The summed E-state index contributed by atoms with van der Waals surface area (Å²) >= 11 is 6.41. The molecule has 0 radical (unpaired) electrons. The maximum Gasteiger partial charge on any atom is 0.408 e. The number of rotatable bonds is 11. The first-order valence-electron chi connectivity index (χ1n) is 13.2. The van der Waals surface area contributed by atoms with Crippen LogP contribution < -0.4 is 10.6 Å². The Morgan fingerprint density at radius 3 is 2.24 bits per heavy atom. The first-order chi connectivity index (χ1) is 17.8. The van der Waals surface area contributed by atoms with Crippen LogP contribution in [0, 0.1) is 12.8 Å². The SMILES string of the molecule is CCCCN(C(=O)C(CC(C)C)NC(=O)OC(C)(C)C)C(C(=O)Nc1c(C)cccc1Cl)c1ccccc1. The van der Waals surface area contributed by atoms with E-state index in [-0.39, 0.29) is 17.7 Å². The fourth-order valence-electron chi connectivity index (χ4n) is 4.13. The van der Waals surface area contributed by atoms with Crippen LogP contribution >= 0.6 is 11.6 Å². The highest BCUT2D eigenvalue weighted by Crippen LogP contribution is 2.30. The van der Waals surface area contributed by atoms with E-state index in [1.807, 2.05) is 70.2 Å². The van der Waals surface area contributed by atoms with Gasteiger partial charge in [-0.15, -0.1) is 0 Å². The third kappa shape index (κ3) is 9.35. The summed E-state index contributed by atoms with van der Waals surface area (Å²) in [5, 5.41) is 6.15. The van der Waals surface area contributed by atoms with Gasteiger partial charge in [0.25, 0.3) is 5.91 Å². The lowest BCUT2D eigenvalue weighted by molar-refractivity contribution is -0.141. The van der Waals surface area contributed by atoms with Gasteiger partial charge in [-0.25, -0.2) is 4.79 Å². The van der Waals surface area contributed by atoms with Crippen LogP contribution in [0.5, 0.6) is 0 Å². The maximum atomic E-state index is 14.1. The monoisotopic (exact) mass is 543 g/mol. The van der Waals surface area contributed by atoms with Gasteiger partial charge >= 0.3 is 6.09 Å². The molecule has 0 saturated heterocycles. The second-order valence-electron chi connectivity index (χ2n) is 10.9. The van der Waals surface area contributed by atoms with Crippen molar-refractivity contribution in [2.24, 2.45) is 5.92 Å². The topological polar surface area (TPSA) is 87.7 Å². The molecule has 7 nitrogen and oxygen atoms in total. The highest BCUT2D eigenvalue weighted by molar-refractivity contribution is 6.34. The summed E-state index contributed by atoms with van der Waals surface area (Å²) in [5.41, 5.74) is 1.28. The highest BCUT2D eigenvalue weighted by Gasteiger charge is 2.36. The Hall–Kier alpha value is -3.06. The van der Waals surface area contributed by atoms with Crippen molar-refractivity contribution in [3.8, 4) is 0 Å². The molecule has 2 aromatic rings. The van der Waals surface area contributed by atoms with E-state index < -0.39 is 23.8 Å². The minimum Gasteiger partial charge on any atom is -0.444 e. The first kappa shape index (κ1) is 31.2. The molecule has 0 fully saturated rings. The highest BCUT2D eigenvalue weighted by atomic mass is 35.5. The summed E-state index contributed by atoms with van der Waals surface area (Å²) < 4.78 is 5.44. The van der Waals surface area contributed by atoms with E-state index in [1.165, 1.54) is 0 Å². The van der Waals surface area contributed by atoms with Crippen LogP contribution in [-0.2, 0) is 14.3 Å². The Labute approximate surface area is 232 Å². The van der Waals surface area contributed by atoms with Crippen molar-refractivity contribution in [1.29, 1.82) is 0 Å². The minimum atomic E-state index is -0.930. The summed E-state index contributed by atoms with van der Waals surface area (Å²) in [6, 6.07) is 12.8. The summed E-state index contributed by atoms with van der Waals surface area (Å²) in [7, 11) is 0. The Kier molecular flexibility index (Phi) is 11.6. The van der Waals surface area contributed by atoms with Gasteiger partial charge in [0, 0.05) is 6.54 Å². The van der Waals surface area contributed by atoms with Crippen LogP contribution in [0.1, 0.15) is 78.0 Å². The van der Waals surface area contributed by atoms with E-state index in [1.54, 1.807) is 31.7 Å². The molecular formula is C30H42ClN3O4. The average molecular weight is 544 g/mol. The second-order valence-corrected chi connectivity index (χ2v) is 11.4. The Morgan fingerprint density at radius 2 is 1.68 bits per heavy atom. The second kappa shape index (κ2) is 14.2. The summed E-state index contributed by atoms with van der Waals surface area (Å²) in [4.78, 5) is 42.3. The molecule has 0 heterocycles. The maximum absolute atomic E-state index is 14.1. The molecule has 0 aliphatic rings. The normalized spacial score (nSPS) is 13.0. The molecule has 0 aromatic heterocycles. The van der Waals surface area contributed by atoms with Crippen LogP contribution in [0.2, 0.25) is 5.02 Å². The predicted molar refractivity (Wildman–Crippen MR) is 153 cm³/mol. The number of nitrogens with zero attached hydrogens (tertiary/aromatic N) is 1. The summed E-state index contributed by atoms with van der Waals surface area (Å²) in [5.74, 6) is -0.600. The largest absolute Gasteiger partial charge is 0.444 e. The number of carbonyl (C=O) groups is 3. The van der Waals surface area contributed by atoms with E-state index in [4.69, 9.17) is 16.3 Å². The van der Waals surface area contributed by atoms with E-state index in [2.05, 4.69) is 10.6 Å². The molecule has 2 aromatic carbocycles. The summed E-state index contributed by atoms with van der Waals surface area (Å²) in [6.45, 7) is 13.5. The third-order valence-electron chi connectivity index (χ3n) is 5.88. The molecular weight excluding hydrogens is 502 g/mol. The number of unbranched alkanes of at least 4 members (excludes halogenated alkanes) is 1. The zero-order valence-corrected chi connectivity index (χ0v) is 24.4. The number of amides is 3. The van der Waals surface area contributed by atoms with Gasteiger partial charge in [0.2, 0.25) is 5.91 Å². The minimum absolute atomic E-state index is 0.113. The smallest absolute Gasteiger partial charge is 0.408 e. The zero-order valence-electron chi connectivity index (χ0n) is 23.6. The number of anilines is 1. The van der Waals surface area contributed by atoms with Gasteiger partial charge in [-0.2, -0.15) is 0 Å². The molecule has 2 unspecified atom stereocenters. The molecule has 2 rings (SSSR count). The molecule has 2 atom stereocenters. The predicted octanol–water partition coefficient (Wildman–Crippen LogP) is 6.90. The van der Waals surface area contributed by atoms with Crippen LogP contribution in [-0.4, -0.2) is 41.0 Å². The molecule has 0 aliphatic carbocycles. The van der Waals surface area contributed by atoms with Gasteiger partial charge in [-0.05, 0) is 63.6 Å². The number of alkyl carbamates (subject to hydrolysis) is 1. The quantitative estimate of drug-likeness (QED) is 0.323. The number of ether oxygens (including phenoxy) is 1. The van der Waals surface area contributed by atoms with Crippen LogP contribution in [0.4, 0.5) is 10.5 Å². The van der Waals surface area contributed by atoms with E-state index in [0.717, 1.165) is 12.0 Å². The van der Waals surface area contributed by atoms with Gasteiger partial charge in [-0.3, -0.25) is 9.59 Å². The average Bonchev–Trinajstić information content (AvgIpc) is 2.82. The molecule has 2 N–H and O–H groups in total. The van der Waals surface area contributed by atoms with Gasteiger partial charge in [0.1, 0.15) is 17.7 Å². The molecule has 208 valence electrons. The molecule has 38 heavy (non-hydrogen) atoms. The fourth-order valence-corrected chi connectivity index (χ4v) is 4.40. The number of nitrogens with one attached hydrogen (secondary N) is 2. The Balaban J connectivity index is 2.52. The van der Waals surface area contributed by atoms with Crippen molar-refractivity contribution >= 4 is 35.2 Å². The number of halogens is 1. The van der Waals surface area contributed by atoms with Crippen molar-refractivity contribution in [2.75, 3.05) is 11.9 Å². The third-order valence-corrected chi connectivity index (χ3v) is 6.19. The van der Waals surface area contributed by atoms with Crippen molar-refractivity contribution in [1.82, 2.24) is 10.2 Å². The number of aryl methyl sites for hydroxylation is 1. The molecule has 0 spiro atoms. The number of hydrogen-bond donors (Lipinski definition) is 2. The number of para-hydroxylation sites is 1. The standard InChI is InChI=1S/C30H42ClN3O4/c1-8-9-18-34(28(36)24(19-20(2)3)32-29(37)38-30(5,6)7)26(22-15-11-10-12-16-22)27(35)33-25-21(4)14-13-17-23(25)31/h10-17,20,24,26H,8-9,18-19H2,1-7H3,(H,32,37)(H,33,35). The lowest BCUT2D eigenvalue weighted by Gasteiger charge is -2.35. The van der Waals surface area contributed by atoms with Crippen LogP contribution in [0.25, 0.3) is 0 Å². The van der Waals surface area contributed by atoms with Gasteiger partial charge in [0.15, 0.2) is 0 Å². The molecule has 3 amide bonds. The summed E-state index contributed by atoms with van der Waals surface area (Å²) in [6.07, 6.45) is 1.24. The van der Waals surface area contributed by atoms with Crippen molar-refractivity contribution in [3.05, 3.63) is 64.7 Å². The molecule has 0 bridgehead atoms. The van der Waals surface area contributed by atoms with Gasteiger partial charge < -0.3 is 20.3 Å². The van der Waals surface area contributed by atoms with Crippen LogP contribution in [0.15, 0.2) is 48.5 Å². The number of benzene rings is 2. The van der Waals surface area contributed by atoms with Crippen molar-refractivity contribution in [2.45, 2.75) is 85.4 Å². The first-order valence-corrected chi connectivity index (χ1v) is 13.6. The zero-order chi connectivity index (χ0) is 28.5. The van der Waals surface area contributed by atoms with E-state index in [9.17, 15) is 14.4 Å². The number of hydrogen-bond acceptors (Lipinski definition) is 4. The molecule has 8 heteroatoms. The number of carbonyl (C=O) groups excluding carboxylic acids is 3. The van der Waals surface area contributed by atoms with E-state index in [0.29, 0.717) is 35.7 Å². The van der Waals surface area contributed by atoms with Gasteiger partial charge in [0.05, 0.1) is 10.7 Å². The van der Waals surface area contributed by atoms with Gasteiger partial charge in [-0.1, -0.05) is 81.3 Å². The molecule has 0 aliphatic heterocycles. The Bertz CT molecular complexity index is 1060. The van der Waals surface area contributed by atoms with Crippen molar-refractivity contribution in [3.63, 3.8) is 0 Å². The van der Waals surface area contributed by atoms with Crippen LogP contribution in [0.3, 0.4) is 0 Å². The van der Waals surface area contributed by atoms with Crippen molar-refractivity contribution < 1.29 is 19.1 Å².